The van der Waals surface area contributed by atoms with E-state index in [0.29, 0.717) is 22.2 Å². The molecule has 1 saturated heterocycles. The molecule has 3 aromatic heterocycles. The maximum atomic E-state index is 13.8. The van der Waals surface area contributed by atoms with Crippen LogP contribution in [-0.4, -0.2) is 92.5 Å². The van der Waals surface area contributed by atoms with Crippen LogP contribution in [0.5, 0.6) is 0 Å². The van der Waals surface area contributed by atoms with E-state index in [2.05, 4.69) is 67.2 Å². The molecule has 1 aromatic carbocycles. The minimum Gasteiger partial charge on any atom is -0.382 e. The van der Waals surface area contributed by atoms with Crippen molar-refractivity contribution in [2.24, 2.45) is 0 Å². The third-order valence-electron chi connectivity index (χ3n) is 14.9. The molecule has 6 N–H and O–H groups in total. The Morgan fingerprint density at radius 2 is 1.01 bits per heavy atom. The molecule has 378 valence electrons. The number of ether oxygens (including phenoxy) is 1. The standard InChI is InChI=1S/C58H72N4O9/c1-8-11-14-17-23-41-44-26-28-46(59-44)42(24-18-15-12-9-2)48-30-32-50(61-48)52(51-33-31-49(62-51)43(25-19-16-13-10-3)47-29-27-45(41)60-47)39-21-20-22-40(34-39)54-56(68,36(5)64)58(70,38(7)66)57(69,37(6)65)55(71-54)53(67)35(4)63/h20-22,26-34,53-55,61-62,67-70H,8-19,23-25H2,1-7H3/t53?,54-,55+,56-,57+,58+/m0/s1. The highest BCUT2D eigenvalue weighted by atomic mass is 16.6. The average Bonchev–Trinajstić information content (AvgIpc) is 4.20. The molecule has 7 rings (SSSR count). The second-order valence-electron chi connectivity index (χ2n) is 19.8. The highest BCUT2D eigenvalue weighted by Crippen LogP contribution is 2.53. The van der Waals surface area contributed by atoms with Gasteiger partial charge in [-0.1, -0.05) is 96.8 Å². The lowest BCUT2D eigenvalue weighted by atomic mass is 9.57. The van der Waals surface area contributed by atoms with Crippen LogP contribution in [0.25, 0.3) is 57.5 Å². The van der Waals surface area contributed by atoms with E-state index >= 15 is 0 Å². The van der Waals surface area contributed by atoms with Gasteiger partial charge in [0.25, 0.3) is 0 Å². The first-order chi connectivity index (χ1) is 34.0. The van der Waals surface area contributed by atoms with Gasteiger partial charge in [-0.25, -0.2) is 9.97 Å². The van der Waals surface area contributed by atoms with E-state index in [1.807, 2.05) is 18.2 Å². The Labute approximate surface area is 416 Å². The van der Waals surface area contributed by atoms with Crippen LogP contribution < -0.4 is 0 Å². The van der Waals surface area contributed by atoms with Crippen LogP contribution >= 0.6 is 0 Å². The highest BCUT2D eigenvalue weighted by Gasteiger charge is 2.79. The number of unbranched alkanes of at least 4 members (excludes halogenated alkanes) is 9. The Morgan fingerprint density at radius 1 is 0.577 bits per heavy atom. The molecular formula is C58H72N4O9. The van der Waals surface area contributed by atoms with Crippen molar-refractivity contribution in [3.05, 3.63) is 93.6 Å². The summed E-state index contributed by atoms with van der Waals surface area (Å²) in [7, 11) is 0. The number of aliphatic hydroxyl groups excluding tert-OH is 1. The zero-order chi connectivity index (χ0) is 51.3. The Kier molecular flexibility index (Phi) is 16.7. The lowest BCUT2D eigenvalue weighted by molar-refractivity contribution is -0.329. The lowest BCUT2D eigenvalue weighted by Crippen LogP contribution is -2.85. The van der Waals surface area contributed by atoms with E-state index in [9.17, 15) is 39.6 Å². The summed E-state index contributed by atoms with van der Waals surface area (Å²) in [6.07, 6.45) is 17.3. The monoisotopic (exact) mass is 969 g/mol. The van der Waals surface area contributed by atoms with Crippen LogP contribution in [-0.2, 0) is 43.2 Å². The van der Waals surface area contributed by atoms with Gasteiger partial charge in [-0.2, -0.15) is 0 Å². The van der Waals surface area contributed by atoms with E-state index in [1.54, 1.807) is 12.1 Å². The van der Waals surface area contributed by atoms with Crippen molar-refractivity contribution in [2.75, 3.05) is 0 Å². The number of carbonyl (C=O) groups excluding carboxylic acids is 4. The SMILES string of the molecule is CCCCCCc1c2nc(c(CCCCCC)c3ccc([nH]3)c(-c3cccc([C@@H]4O[C@H](C(O)C(C)=O)[C@](O)(C(C)=O)[C@@](O)(C(C)=O)[C@]4(O)C(C)=O)c3)c3ccc([nH]3)c(CCCCCC)c3nc1C=C3)C=C2. The number of carbonyl (C=O) groups is 4. The lowest BCUT2D eigenvalue weighted by Gasteiger charge is -2.58. The van der Waals surface area contributed by atoms with Gasteiger partial charge in [0.1, 0.15) is 18.3 Å². The number of aromatic amines is 2. The molecule has 0 aliphatic carbocycles. The molecule has 13 nitrogen and oxygen atoms in total. The summed E-state index contributed by atoms with van der Waals surface area (Å²) in [6, 6.07) is 14.7. The van der Waals surface area contributed by atoms with Gasteiger partial charge >= 0.3 is 0 Å². The number of nitrogens with zero attached hydrogens (tertiary/aromatic N) is 2. The number of aryl methyl sites for hydroxylation is 2. The number of rotatable bonds is 22. The van der Waals surface area contributed by atoms with Gasteiger partial charge in [0.05, 0.1) is 22.8 Å². The largest absolute Gasteiger partial charge is 0.382 e. The fourth-order valence-corrected chi connectivity index (χ4v) is 10.8. The topological polar surface area (TPSA) is 216 Å². The van der Waals surface area contributed by atoms with Gasteiger partial charge in [-0.3, -0.25) is 19.2 Å². The number of H-pyrrole nitrogens is 2. The van der Waals surface area contributed by atoms with Gasteiger partial charge in [0.15, 0.2) is 39.9 Å². The summed E-state index contributed by atoms with van der Waals surface area (Å²) in [4.78, 5) is 71.9. The molecule has 0 amide bonds. The van der Waals surface area contributed by atoms with E-state index in [1.165, 1.54) is 12.5 Å². The minimum atomic E-state index is -3.58. The first-order valence-electron chi connectivity index (χ1n) is 25.7. The van der Waals surface area contributed by atoms with Crippen LogP contribution in [0.4, 0.5) is 0 Å². The summed E-state index contributed by atoms with van der Waals surface area (Å²) >= 11 is 0. The van der Waals surface area contributed by atoms with Crippen molar-refractivity contribution in [3.8, 4) is 11.1 Å². The first-order valence-corrected chi connectivity index (χ1v) is 25.7. The number of ketones is 4. The number of aliphatic hydroxyl groups is 4. The molecule has 6 atom stereocenters. The van der Waals surface area contributed by atoms with E-state index in [0.717, 1.165) is 168 Å². The van der Waals surface area contributed by atoms with Crippen LogP contribution in [0.15, 0.2) is 48.5 Å². The molecule has 0 saturated carbocycles. The number of hydrogen-bond acceptors (Lipinski definition) is 11. The molecule has 3 aliphatic rings. The minimum absolute atomic E-state index is 0.0413. The van der Waals surface area contributed by atoms with Crippen LogP contribution in [0.2, 0.25) is 0 Å². The fraction of sp³-hybridized carbons (Fsp3) is 0.483. The Bertz CT molecular complexity index is 2780. The van der Waals surface area contributed by atoms with Crippen molar-refractivity contribution in [1.82, 2.24) is 19.9 Å². The molecule has 6 heterocycles. The molecule has 1 unspecified atom stereocenters. The summed E-state index contributed by atoms with van der Waals surface area (Å²) in [5, 5.41) is 48.3. The Balaban J connectivity index is 1.53. The third kappa shape index (κ3) is 9.96. The van der Waals surface area contributed by atoms with E-state index in [4.69, 9.17) is 14.7 Å². The summed E-state index contributed by atoms with van der Waals surface area (Å²) < 4.78 is 6.19. The van der Waals surface area contributed by atoms with Crippen LogP contribution in [0, 0.1) is 0 Å². The predicted octanol–water partition coefficient (Wildman–Crippen LogP) is 10.0. The third-order valence-corrected chi connectivity index (χ3v) is 14.9. The van der Waals surface area contributed by atoms with Gasteiger partial charge < -0.3 is 35.1 Å². The quantitative estimate of drug-likeness (QED) is 0.0352. The summed E-state index contributed by atoms with van der Waals surface area (Å²) in [6.45, 7) is 10.1. The summed E-state index contributed by atoms with van der Waals surface area (Å²) in [5.41, 5.74) is 0.998. The van der Waals surface area contributed by atoms with Crippen molar-refractivity contribution in [2.45, 2.75) is 180 Å². The number of aromatic nitrogens is 4. The number of benzene rings is 1. The van der Waals surface area contributed by atoms with Crippen molar-refractivity contribution in [3.63, 3.8) is 0 Å². The van der Waals surface area contributed by atoms with Crippen molar-refractivity contribution in [1.29, 1.82) is 0 Å². The van der Waals surface area contributed by atoms with E-state index < -0.39 is 58.2 Å². The van der Waals surface area contributed by atoms with Crippen LogP contribution in [0.1, 0.15) is 177 Å². The van der Waals surface area contributed by atoms with Gasteiger partial charge in [-0.15, -0.1) is 0 Å². The molecular weight excluding hydrogens is 897 g/mol. The molecule has 4 aromatic rings. The van der Waals surface area contributed by atoms with Gasteiger partial charge in [0.2, 0.25) is 0 Å². The molecule has 71 heavy (non-hydrogen) atoms. The highest BCUT2D eigenvalue weighted by molar-refractivity contribution is 6.06. The summed E-state index contributed by atoms with van der Waals surface area (Å²) in [5.74, 6) is -4.84. The molecule has 0 radical (unpaired) electrons. The van der Waals surface area contributed by atoms with Crippen molar-refractivity contribution < 1.29 is 44.3 Å². The number of nitrogens with one attached hydrogen (secondary N) is 2. The number of hydrogen-bond donors (Lipinski definition) is 6. The van der Waals surface area contributed by atoms with Crippen molar-refractivity contribution >= 4 is 69.5 Å². The zero-order valence-corrected chi connectivity index (χ0v) is 42.5. The Morgan fingerprint density at radius 3 is 1.44 bits per heavy atom. The Hall–Kier alpha value is -5.70. The molecule has 0 spiro atoms. The average molecular weight is 969 g/mol. The van der Waals surface area contributed by atoms with Gasteiger partial charge in [-0.05, 0) is 132 Å². The maximum Gasteiger partial charge on any atom is 0.200 e. The fourth-order valence-electron chi connectivity index (χ4n) is 10.8. The molecule has 1 fully saturated rings. The maximum absolute atomic E-state index is 13.8. The number of Topliss-reactive ketones (excluding diaryl/α,β-unsaturated/α-hetero) is 4. The van der Waals surface area contributed by atoms with E-state index in [-0.39, 0.29) is 5.56 Å². The zero-order valence-electron chi connectivity index (χ0n) is 42.5. The molecule has 8 bridgehead atoms. The smallest absolute Gasteiger partial charge is 0.200 e. The predicted molar refractivity (Wildman–Crippen MR) is 279 cm³/mol. The normalized spacial score (nSPS) is 22.2. The van der Waals surface area contributed by atoms with Crippen LogP contribution in [0.3, 0.4) is 0 Å². The second-order valence-corrected chi connectivity index (χ2v) is 19.8. The molecule has 13 heteroatoms. The van der Waals surface area contributed by atoms with Gasteiger partial charge in [0, 0.05) is 44.3 Å². The first kappa shape index (κ1) is 53.1. The molecule has 3 aliphatic heterocycles. The second kappa shape index (κ2) is 22.4. The number of fused-ring (bicyclic) bond motifs is 8.